The van der Waals surface area contributed by atoms with Crippen LogP contribution in [0.2, 0.25) is 0 Å². The number of phenolic OH excluding ortho intramolecular Hbond substituents is 1. The van der Waals surface area contributed by atoms with Crippen molar-refractivity contribution in [2.45, 2.75) is 44.7 Å². The van der Waals surface area contributed by atoms with Crippen LogP contribution in [0.3, 0.4) is 0 Å². The highest BCUT2D eigenvalue weighted by Crippen LogP contribution is 2.38. The zero-order valence-electron chi connectivity index (χ0n) is 23.0. The number of esters is 1. The molecule has 12 nitrogen and oxygen atoms in total. The van der Waals surface area contributed by atoms with E-state index in [1.807, 2.05) is 12.1 Å². The fourth-order valence-electron chi connectivity index (χ4n) is 6.22. The lowest BCUT2D eigenvalue weighted by Crippen LogP contribution is -2.54. The average Bonchev–Trinajstić information content (AvgIpc) is 3.26. The Hall–Kier alpha value is -4.48. The molecule has 1 aromatic carbocycles. The van der Waals surface area contributed by atoms with Gasteiger partial charge in [0.2, 0.25) is 5.95 Å². The van der Waals surface area contributed by atoms with Gasteiger partial charge in [-0.1, -0.05) is 12.1 Å². The Balaban J connectivity index is 1.12. The summed E-state index contributed by atoms with van der Waals surface area (Å²) in [6.07, 6.45) is 6.40. The predicted octanol–water partition coefficient (Wildman–Crippen LogP) is 2.49. The number of hydrogen-bond acceptors (Lipinski definition) is 11. The first kappa shape index (κ1) is 26.7. The fraction of sp³-hybridized carbons (Fsp3) is 0.448. The summed E-state index contributed by atoms with van der Waals surface area (Å²) in [6, 6.07) is 9.29. The molecule has 2 aromatic heterocycles. The highest BCUT2D eigenvalue weighted by molar-refractivity contribution is 5.94. The van der Waals surface area contributed by atoms with Crippen LogP contribution >= 0.6 is 0 Å². The first-order chi connectivity index (χ1) is 19.9. The molecule has 3 fully saturated rings. The number of amides is 1. The van der Waals surface area contributed by atoms with E-state index in [0.717, 1.165) is 18.5 Å². The van der Waals surface area contributed by atoms with Gasteiger partial charge < -0.3 is 30.3 Å². The summed E-state index contributed by atoms with van der Waals surface area (Å²) in [7, 11) is 0. The molecule has 0 spiro atoms. The number of nitrogen functional groups attached to an aromatic ring is 1. The van der Waals surface area contributed by atoms with Gasteiger partial charge >= 0.3 is 5.97 Å². The molecule has 5 heterocycles. The zero-order chi connectivity index (χ0) is 28.5. The summed E-state index contributed by atoms with van der Waals surface area (Å²) in [5, 5.41) is 18.7. The van der Waals surface area contributed by atoms with Gasteiger partial charge in [0.05, 0.1) is 29.5 Å². The number of nitrogens with zero attached hydrogens (tertiary/aromatic N) is 7. The van der Waals surface area contributed by atoms with E-state index >= 15 is 0 Å². The molecule has 0 radical (unpaired) electrons. The van der Waals surface area contributed by atoms with Crippen LogP contribution in [0.4, 0.5) is 17.5 Å². The Morgan fingerprint density at radius 3 is 2.37 bits per heavy atom. The first-order valence-electron chi connectivity index (χ1n) is 14.2. The van der Waals surface area contributed by atoms with Crippen molar-refractivity contribution in [3.63, 3.8) is 0 Å². The molecule has 2 unspecified atom stereocenters. The van der Waals surface area contributed by atoms with E-state index in [4.69, 9.17) is 10.5 Å². The number of aromatic hydroxyl groups is 1. The van der Waals surface area contributed by atoms with Crippen molar-refractivity contribution in [1.29, 1.82) is 0 Å². The molecule has 0 aliphatic carbocycles. The van der Waals surface area contributed by atoms with E-state index in [9.17, 15) is 14.7 Å². The van der Waals surface area contributed by atoms with Crippen LogP contribution in [0.25, 0.3) is 11.3 Å². The van der Waals surface area contributed by atoms with Crippen LogP contribution < -0.4 is 15.5 Å². The van der Waals surface area contributed by atoms with Crippen LogP contribution in [0.1, 0.15) is 43.0 Å². The summed E-state index contributed by atoms with van der Waals surface area (Å²) in [4.78, 5) is 40.6. The quantitative estimate of drug-likeness (QED) is 0.429. The number of fused-ring (bicyclic) bond motifs is 2. The maximum absolute atomic E-state index is 13.1. The highest BCUT2D eigenvalue weighted by Gasteiger charge is 2.42. The predicted molar refractivity (Wildman–Crippen MR) is 152 cm³/mol. The van der Waals surface area contributed by atoms with Crippen LogP contribution in [-0.4, -0.2) is 86.9 Å². The maximum atomic E-state index is 13.1. The number of piperazine rings is 1. The minimum Gasteiger partial charge on any atom is -0.507 e. The molecule has 3 saturated heterocycles. The molecule has 6 rings (SSSR count). The van der Waals surface area contributed by atoms with Gasteiger partial charge in [0.1, 0.15) is 5.75 Å². The van der Waals surface area contributed by atoms with Gasteiger partial charge in [0.25, 0.3) is 5.91 Å². The lowest BCUT2D eigenvalue weighted by atomic mass is 9.96. The Labute approximate surface area is 238 Å². The van der Waals surface area contributed by atoms with Gasteiger partial charge in [0, 0.05) is 56.2 Å². The molecule has 3 aliphatic rings. The molecular weight excluding hydrogens is 524 g/mol. The number of anilines is 3. The van der Waals surface area contributed by atoms with E-state index in [1.165, 1.54) is 0 Å². The fourth-order valence-corrected chi connectivity index (χ4v) is 6.22. The second-order valence-corrected chi connectivity index (χ2v) is 10.8. The van der Waals surface area contributed by atoms with Crippen molar-refractivity contribution < 1.29 is 19.4 Å². The molecule has 3 N–H and O–H groups in total. The monoisotopic (exact) mass is 558 g/mol. The molecule has 2 bridgehead atoms. The van der Waals surface area contributed by atoms with E-state index in [-0.39, 0.29) is 35.6 Å². The number of para-hydroxylation sites is 1. The zero-order valence-corrected chi connectivity index (χ0v) is 23.0. The summed E-state index contributed by atoms with van der Waals surface area (Å²) >= 11 is 0. The van der Waals surface area contributed by atoms with E-state index in [2.05, 4.69) is 30.0 Å². The number of ether oxygens (including phenoxy) is 1. The summed E-state index contributed by atoms with van der Waals surface area (Å²) in [6.45, 7) is 4.62. The molecule has 214 valence electrons. The number of carbonyl (C=O) groups is 2. The molecule has 2 atom stereocenters. The number of benzene rings is 1. The molecule has 3 aliphatic heterocycles. The molecular formula is C29H34N8O4. The van der Waals surface area contributed by atoms with Gasteiger partial charge in [-0.2, -0.15) is 0 Å². The SMILES string of the molecule is CCOC(=O)C1CCN(C(=O)c2cnc(N3C4CCC3CN(c3cc(-c5ccccc5O)nnc3N)C4)nc2)CC1. The Bertz CT molecular complexity index is 1410. The van der Waals surface area contributed by atoms with Crippen molar-refractivity contribution in [2.24, 2.45) is 5.92 Å². The highest BCUT2D eigenvalue weighted by atomic mass is 16.5. The van der Waals surface area contributed by atoms with Gasteiger partial charge in [0.15, 0.2) is 5.82 Å². The van der Waals surface area contributed by atoms with Gasteiger partial charge in [-0.3, -0.25) is 9.59 Å². The molecule has 3 aromatic rings. The summed E-state index contributed by atoms with van der Waals surface area (Å²) in [5.74, 6) is 0.658. The van der Waals surface area contributed by atoms with Crippen LogP contribution in [0, 0.1) is 5.92 Å². The van der Waals surface area contributed by atoms with Crippen molar-refractivity contribution in [3.05, 3.63) is 48.3 Å². The molecule has 12 heteroatoms. The minimum atomic E-state index is -0.180. The average molecular weight is 559 g/mol. The third kappa shape index (κ3) is 5.21. The van der Waals surface area contributed by atoms with Crippen LogP contribution in [0.5, 0.6) is 5.75 Å². The molecule has 41 heavy (non-hydrogen) atoms. The Morgan fingerprint density at radius 2 is 1.71 bits per heavy atom. The summed E-state index contributed by atoms with van der Waals surface area (Å²) < 4.78 is 5.13. The summed E-state index contributed by atoms with van der Waals surface area (Å²) in [5.41, 5.74) is 8.67. The second-order valence-electron chi connectivity index (χ2n) is 10.8. The van der Waals surface area contributed by atoms with Crippen LogP contribution in [-0.2, 0) is 9.53 Å². The van der Waals surface area contributed by atoms with Crippen molar-refractivity contribution >= 4 is 29.3 Å². The lowest BCUT2D eigenvalue weighted by Gasteiger charge is -2.42. The van der Waals surface area contributed by atoms with Crippen molar-refractivity contribution in [3.8, 4) is 17.0 Å². The largest absolute Gasteiger partial charge is 0.507 e. The second kappa shape index (κ2) is 11.2. The number of phenols is 1. The first-order valence-corrected chi connectivity index (χ1v) is 14.2. The Morgan fingerprint density at radius 1 is 1.02 bits per heavy atom. The number of piperidine rings is 1. The van der Waals surface area contributed by atoms with Crippen molar-refractivity contribution in [1.82, 2.24) is 25.1 Å². The third-order valence-corrected chi connectivity index (χ3v) is 8.32. The van der Waals surface area contributed by atoms with E-state index < -0.39 is 0 Å². The third-order valence-electron chi connectivity index (χ3n) is 8.32. The number of likely N-dealkylation sites (tertiary alicyclic amines) is 1. The van der Waals surface area contributed by atoms with Gasteiger partial charge in [-0.25, -0.2) is 9.97 Å². The van der Waals surface area contributed by atoms with Gasteiger partial charge in [-0.15, -0.1) is 10.2 Å². The minimum absolute atomic E-state index is 0.118. The standard InChI is InChI=1S/C29H34N8O4/c1-2-41-28(40)18-9-11-35(12-10-18)27(39)19-14-31-29(32-15-19)37-20-7-8-21(37)17-36(16-20)24-13-23(33-34-26(24)30)22-5-3-4-6-25(22)38/h3-6,13-15,18,20-21,38H,2,7-12,16-17H2,1H3,(H2,30,34). The normalized spacial score (nSPS) is 20.8. The maximum Gasteiger partial charge on any atom is 0.309 e. The molecule has 0 saturated carbocycles. The van der Waals surface area contributed by atoms with E-state index in [0.29, 0.717) is 74.2 Å². The number of carbonyl (C=O) groups excluding carboxylic acids is 2. The topological polar surface area (TPSA) is 151 Å². The van der Waals surface area contributed by atoms with E-state index in [1.54, 1.807) is 42.4 Å². The van der Waals surface area contributed by atoms with Crippen molar-refractivity contribution in [2.75, 3.05) is 48.3 Å². The Kier molecular flexibility index (Phi) is 7.29. The smallest absolute Gasteiger partial charge is 0.309 e. The number of rotatable bonds is 6. The van der Waals surface area contributed by atoms with Gasteiger partial charge in [-0.05, 0) is 50.8 Å². The number of aromatic nitrogens is 4. The lowest BCUT2D eigenvalue weighted by molar-refractivity contribution is -0.149. The number of nitrogens with two attached hydrogens (primary N) is 1. The number of hydrogen-bond donors (Lipinski definition) is 2. The van der Waals surface area contributed by atoms with Crippen LogP contribution in [0.15, 0.2) is 42.7 Å². The molecule has 1 amide bonds.